The number of halogens is 1. The zero-order valence-electron chi connectivity index (χ0n) is 9.50. The van der Waals surface area contributed by atoms with Crippen LogP contribution in [0.15, 0.2) is 22.7 Å². The summed E-state index contributed by atoms with van der Waals surface area (Å²) in [6.07, 6.45) is 0. The van der Waals surface area contributed by atoms with E-state index in [0.29, 0.717) is 13.2 Å². The Morgan fingerprint density at radius 3 is 2.81 bits per heavy atom. The minimum absolute atomic E-state index is 0.0667. The van der Waals surface area contributed by atoms with Gasteiger partial charge in [-0.15, -0.1) is 0 Å². The number of nitrogens with two attached hydrogens (primary N) is 1. The van der Waals surface area contributed by atoms with Gasteiger partial charge in [-0.3, -0.25) is 11.3 Å². The number of benzene rings is 1. The molecule has 1 unspecified atom stereocenters. The molecule has 0 saturated heterocycles. The largest absolute Gasteiger partial charge is 0.496 e. The molecular formula is C11H17BrN2O2. The van der Waals surface area contributed by atoms with Crippen LogP contribution in [-0.4, -0.2) is 20.3 Å². The van der Waals surface area contributed by atoms with E-state index in [9.17, 15) is 0 Å². The molecule has 3 N–H and O–H groups in total. The van der Waals surface area contributed by atoms with Crippen molar-refractivity contribution < 1.29 is 9.47 Å². The number of methoxy groups -OCH3 is 1. The summed E-state index contributed by atoms with van der Waals surface area (Å²) in [5.41, 5.74) is 3.71. The second-order valence-electron chi connectivity index (χ2n) is 3.26. The van der Waals surface area contributed by atoms with Crippen LogP contribution in [0.3, 0.4) is 0 Å². The zero-order valence-corrected chi connectivity index (χ0v) is 11.1. The van der Waals surface area contributed by atoms with Gasteiger partial charge in [0.2, 0.25) is 0 Å². The molecule has 0 saturated carbocycles. The minimum Gasteiger partial charge on any atom is -0.496 e. The van der Waals surface area contributed by atoms with Crippen LogP contribution in [0.4, 0.5) is 0 Å². The van der Waals surface area contributed by atoms with E-state index in [4.69, 9.17) is 15.3 Å². The van der Waals surface area contributed by atoms with Crippen LogP contribution < -0.4 is 16.0 Å². The van der Waals surface area contributed by atoms with Crippen LogP contribution in [0.5, 0.6) is 5.75 Å². The normalized spacial score (nSPS) is 12.5. The fraction of sp³-hybridized carbons (Fsp3) is 0.455. The summed E-state index contributed by atoms with van der Waals surface area (Å²) in [6.45, 7) is 3.13. The Bertz CT molecular complexity index is 334. The molecule has 0 spiro atoms. The van der Waals surface area contributed by atoms with Gasteiger partial charge in [0, 0.05) is 16.6 Å². The van der Waals surface area contributed by atoms with E-state index in [1.807, 2.05) is 25.1 Å². The van der Waals surface area contributed by atoms with Crippen molar-refractivity contribution in [1.29, 1.82) is 0 Å². The van der Waals surface area contributed by atoms with Gasteiger partial charge in [-0.25, -0.2) is 0 Å². The van der Waals surface area contributed by atoms with Gasteiger partial charge in [-0.2, -0.15) is 0 Å². The van der Waals surface area contributed by atoms with Crippen molar-refractivity contribution in [3.8, 4) is 5.75 Å². The number of hydrogen-bond acceptors (Lipinski definition) is 4. The molecule has 0 fully saturated rings. The lowest BCUT2D eigenvalue weighted by molar-refractivity contribution is 0.122. The molecule has 0 radical (unpaired) electrons. The molecule has 1 atom stereocenters. The Morgan fingerprint density at radius 2 is 2.25 bits per heavy atom. The monoisotopic (exact) mass is 288 g/mol. The van der Waals surface area contributed by atoms with Gasteiger partial charge < -0.3 is 9.47 Å². The van der Waals surface area contributed by atoms with E-state index < -0.39 is 0 Å². The first-order chi connectivity index (χ1) is 7.72. The molecule has 0 heterocycles. The highest BCUT2D eigenvalue weighted by molar-refractivity contribution is 9.10. The van der Waals surface area contributed by atoms with Crippen molar-refractivity contribution in [2.45, 2.75) is 13.0 Å². The third kappa shape index (κ3) is 3.45. The Kier molecular flexibility index (Phi) is 5.76. The van der Waals surface area contributed by atoms with E-state index >= 15 is 0 Å². The van der Waals surface area contributed by atoms with Crippen LogP contribution in [0, 0.1) is 0 Å². The second-order valence-corrected chi connectivity index (χ2v) is 4.18. The third-order valence-corrected chi connectivity index (χ3v) is 2.75. The summed E-state index contributed by atoms with van der Waals surface area (Å²) in [7, 11) is 1.64. The maximum Gasteiger partial charge on any atom is 0.124 e. The van der Waals surface area contributed by atoms with Gasteiger partial charge >= 0.3 is 0 Å². The van der Waals surface area contributed by atoms with Crippen molar-refractivity contribution in [2.24, 2.45) is 5.84 Å². The third-order valence-electron chi connectivity index (χ3n) is 2.26. The fourth-order valence-electron chi connectivity index (χ4n) is 1.44. The first kappa shape index (κ1) is 13.4. The standard InChI is InChI=1S/C11H17BrN2O2/c1-3-16-7-10(14-13)9-5-4-8(12)6-11(9)15-2/h4-6,10,14H,3,7,13H2,1-2H3. The maximum atomic E-state index is 5.51. The van der Waals surface area contributed by atoms with E-state index in [2.05, 4.69) is 21.4 Å². The molecule has 4 nitrogen and oxygen atoms in total. The molecule has 0 bridgehead atoms. The molecule has 5 heteroatoms. The molecule has 90 valence electrons. The van der Waals surface area contributed by atoms with Gasteiger partial charge in [0.25, 0.3) is 0 Å². The SMILES string of the molecule is CCOCC(NN)c1ccc(Br)cc1OC. The average Bonchev–Trinajstić information content (AvgIpc) is 2.31. The topological polar surface area (TPSA) is 56.5 Å². The molecule has 1 aromatic rings. The predicted molar refractivity (Wildman–Crippen MR) is 67.3 cm³/mol. The highest BCUT2D eigenvalue weighted by Gasteiger charge is 2.14. The lowest BCUT2D eigenvalue weighted by atomic mass is 10.1. The summed E-state index contributed by atoms with van der Waals surface area (Å²) < 4.78 is 11.6. The van der Waals surface area contributed by atoms with E-state index in [1.54, 1.807) is 7.11 Å². The minimum atomic E-state index is -0.0667. The molecule has 0 aromatic heterocycles. The predicted octanol–water partition coefficient (Wildman–Crippen LogP) is 2.00. The summed E-state index contributed by atoms with van der Waals surface area (Å²) in [6, 6.07) is 5.76. The average molecular weight is 289 g/mol. The van der Waals surface area contributed by atoms with Gasteiger partial charge in [0.05, 0.1) is 19.8 Å². The molecule has 0 aliphatic rings. The number of rotatable bonds is 6. The molecule has 0 aliphatic heterocycles. The van der Waals surface area contributed by atoms with Crippen LogP contribution in [-0.2, 0) is 4.74 Å². The Labute approximate surface area is 104 Å². The Morgan fingerprint density at radius 1 is 1.50 bits per heavy atom. The van der Waals surface area contributed by atoms with Crippen molar-refractivity contribution in [3.63, 3.8) is 0 Å². The molecule has 1 rings (SSSR count). The van der Waals surface area contributed by atoms with E-state index in [1.165, 1.54) is 0 Å². The lowest BCUT2D eigenvalue weighted by Gasteiger charge is -2.19. The quantitative estimate of drug-likeness (QED) is 0.621. The summed E-state index contributed by atoms with van der Waals surface area (Å²) >= 11 is 3.40. The number of hydrazine groups is 1. The first-order valence-corrected chi connectivity index (χ1v) is 5.89. The Hall–Kier alpha value is -0.620. The molecule has 16 heavy (non-hydrogen) atoms. The molecule has 0 amide bonds. The lowest BCUT2D eigenvalue weighted by Crippen LogP contribution is -2.31. The van der Waals surface area contributed by atoms with Crippen LogP contribution in [0.1, 0.15) is 18.5 Å². The van der Waals surface area contributed by atoms with Crippen molar-refractivity contribution >= 4 is 15.9 Å². The van der Waals surface area contributed by atoms with Crippen molar-refractivity contribution in [1.82, 2.24) is 5.43 Å². The first-order valence-electron chi connectivity index (χ1n) is 5.10. The highest BCUT2D eigenvalue weighted by Crippen LogP contribution is 2.28. The second kappa shape index (κ2) is 6.85. The van der Waals surface area contributed by atoms with Gasteiger partial charge in [0.15, 0.2) is 0 Å². The zero-order chi connectivity index (χ0) is 12.0. The van der Waals surface area contributed by atoms with E-state index in [0.717, 1.165) is 15.8 Å². The van der Waals surface area contributed by atoms with Crippen LogP contribution >= 0.6 is 15.9 Å². The number of nitrogens with one attached hydrogen (secondary N) is 1. The van der Waals surface area contributed by atoms with Crippen LogP contribution in [0.2, 0.25) is 0 Å². The van der Waals surface area contributed by atoms with Gasteiger partial charge in [-0.05, 0) is 19.1 Å². The fourth-order valence-corrected chi connectivity index (χ4v) is 1.78. The van der Waals surface area contributed by atoms with Crippen molar-refractivity contribution in [2.75, 3.05) is 20.3 Å². The van der Waals surface area contributed by atoms with Gasteiger partial charge in [0.1, 0.15) is 5.75 Å². The molecular weight excluding hydrogens is 272 g/mol. The van der Waals surface area contributed by atoms with Crippen LogP contribution in [0.25, 0.3) is 0 Å². The maximum absolute atomic E-state index is 5.51. The molecule has 0 aliphatic carbocycles. The number of hydrogen-bond donors (Lipinski definition) is 2. The highest BCUT2D eigenvalue weighted by atomic mass is 79.9. The van der Waals surface area contributed by atoms with Gasteiger partial charge in [-0.1, -0.05) is 22.0 Å². The smallest absolute Gasteiger partial charge is 0.124 e. The summed E-state index contributed by atoms with van der Waals surface area (Å²) in [5.74, 6) is 6.30. The number of ether oxygens (including phenoxy) is 2. The van der Waals surface area contributed by atoms with E-state index in [-0.39, 0.29) is 6.04 Å². The van der Waals surface area contributed by atoms with Crippen molar-refractivity contribution in [3.05, 3.63) is 28.2 Å². The summed E-state index contributed by atoms with van der Waals surface area (Å²) in [4.78, 5) is 0. The molecule has 1 aromatic carbocycles. The Balaban J connectivity index is 2.90. The summed E-state index contributed by atoms with van der Waals surface area (Å²) in [5, 5.41) is 0.